The number of nitrogens with zero attached hydrogens (tertiary/aromatic N) is 2. The molecule has 1 fully saturated rings. The molecule has 1 rings (SSSR count). The van der Waals surface area contributed by atoms with Gasteiger partial charge in [-0.05, 0) is 46.4 Å². The Morgan fingerprint density at radius 1 is 1.39 bits per heavy atom. The molecule has 5 nitrogen and oxygen atoms in total. The van der Waals surface area contributed by atoms with Gasteiger partial charge in [0.05, 0.1) is 5.75 Å². The number of piperidine rings is 1. The van der Waals surface area contributed by atoms with Crippen molar-refractivity contribution in [1.29, 1.82) is 0 Å². The summed E-state index contributed by atoms with van der Waals surface area (Å²) in [5.41, 5.74) is 0. The Kier molecular flexibility index (Phi) is 6.55. The highest BCUT2D eigenvalue weighted by molar-refractivity contribution is 7.89. The van der Waals surface area contributed by atoms with Crippen LogP contribution in [0.4, 0.5) is 0 Å². The molecule has 0 bridgehead atoms. The van der Waals surface area contributed by atoms with Crippen molar-refractivity contribution in [3.8, 4) is 0 Å². The second-order valence-electron chi connectivity index (χ2n) is 5.14. The zero-order chi connectivity index (χ0) is 13.6. The molecule has 0 amide bonds. The van der Waals surface area contributed by atoms with Crippen LogP contribution in [0.3, 0.4) is 0 Å². The first-order valence-corrected chi connectivity index (χ1v) is 8.43. The number of likely N-dealkylation sites (N-methyl/N-ethyl adjacent to an activating group) is 1. The number of hydrogen-bond donors (Lipinski definition) is 1. The molecule has 1 atom stereocenters. The minimum atomic E-state index is -3.06. The van der Waals surface area contributed by atoms with Crippen molar-refractivity contribution in [2.24, 2.45) is 0 Å². The molecule has 108 valence electrons. The zero-order valence-corrected chi connectivity index (χ0v) is 12.7. The minimum Gasteiger partial charge on any atom is -0.317 e. The van der Waals surface area contributed by atoms with E-state index in [9.17, 15) is 8.42 Å². The van der Waals surface area contributed by atoms with Crippen LogP contribution < -0.4 is 5.32 Å². The van der Waals surface area contributed by atoms with E-state index in [1.165, 1.54) is 0 Å². The van der Waals surface area contributed by atoms with Crippen molar-refractivity contribution < 1.29 is 8.42 Å². The standard InChI is InChI=1S/C12H27N3O2S/c1-4-13-8-6-10-18(16,17)15-9-5-7-12(11-15)14(2)3/h12-13H,4-11H2,1-3H3. The smallest absolute Gasteiger partial charge is 0.214 e. The van der Waals surface area contributed by atoms with Crippen LogP contribution in [0.15, 0.2) is 0 Å². The normalized spacial score (nSPS) is 22.6. The minimum absolute atomic E-state index is 0.264. The van der Waals surface area contributed by atoms with Gasteiger partial charge in [0.1, 0.15) is 0 Å². The highest BCUT2D eigenvalue weighted by Gasteiger charge is 2.29. The van der Waals surface area contributed by atoms with Crippen molar-refractivity contribution in [2.45, 2.75) is 32.2 Å². The summed E-state index contributed by atoms with van der Waals surface area (Å²) in [5, 5.41) is 3.16. The molecule has 0 aromatic rings. The number of nitrogens with one attached hydrogen (secondary N) is 1. The van der Waals surface area contributed by atoms with Gasteiger partial charge in [-0.3, -0.25) is 0 Å². The summed E-state index contributed by atoms with van der Waals surface area (Å²) >= 11 is 0. The third-order valence-electron chi connectivity index (χ3n) is 3.49. The van der Waals surface area contributed by atoms with E-state index < -0.39 is 10.0 Å². The van der Waals surface area contributed by atoms with Gasteiger partial charge in [-0.1, -0.05) is 6.92 Å². The second-order valence-corrected chi connectivity index (χ2v) is 7.23. The first-order chi connectivity index (χ1) is 8.47. The molecule has 0 saturated carbocycles. The van der Waals surface area contributed by atoms with Crippen LogP contribution in [0.25, 0.3) is 0 Å². The van der Waals surface area contributed by atoms with E-state index >= 15 is 0 Å². The fourth-order valence-corrected chi connectivity index (χ4v) is 3.85. The maximum absolute atomic E-state index is 12.2. The molecule has 18 heavy (non-hydrogen) atoms. The maximum Gasteiger partial charge on any atom is 0.214 e. The molecule has 1 unspecified atom stereocenters. The summed E-state index contributed by atoms with van der Waals surface area (Å²) in [7, 11) is 0.976. The van der Waals surface area contributed by atoms with E-state index in [-0.39, 0.29) is 5.75 Å². The molecular weight excluding hydrogens is 250 g/mol. The molecule has 1 saturated heterocycles. The summed E-state index contributed by atoms with van der Waals surface area (Å²) in [5.74, 6) is 0.264. The fourth-order valence-electron chi connectivity index (χ4n) is 2.28. The number of sulfonamides is 1. The van der Waals surface area contributed by atoms with Crippen LogP contribution in [0.2, 0.25) is 0 Å². The van der Waals surface area contributed by atoms with Crippen molar-refractivity contribution in [2.75, 3.05) is 46.0 Å². The second kappa shape index (κ2) is 7.43. The Morgan fingerprint density at radius 2 is 2.11 bits per heavy atom. The molecule has 6 heteroatoms. The van der Waals surface area contributed by atoms with E-state index in [1.54, 1.807) is 4.31 Å². The fraction of sp³-hybridized carbons (Fsp3) is 1.00. The average Bonchev–Trinajstić information content (AvgIpc) is 2.35. The van der Waals surface area contributed by atoms with Crippen LogP contribution in [-0.4, -0.2) is 69.7 Å². The van der Waals surface area contributed by atoms with E-state index in [0.29, 0.717) is 25.6 Å². The Hall–Kier alpha value is -0.170. The molecule has 1 aliphatic rings. The quantitative estimate of drug-likeness (QED) is 0.682. The van der Waals surface area contributed by atoms with Crippen LogP contribution in [0.5, 0.6) is 0 Å². The van der Waals surface area contributed by atoms with Crippen LogP contribution >= 0.6 is 0 Å². The van der Waals surface area contributed by atoms with Gasteiger partial charge in [-0.2, -0.15) is 0 Å². The zero-order valence-electron chi connectivity index (χ0n) is 11.9. The predicted octanol–water partition coefficient (Wildman–Crippen LogP) is 0.342. The maximum atomic E-state index is 12.2. The Balaban J connectivity index is 2.46. The molecule has 0 aliphatic carbocycles. The Bertz CT molecular complexity index is 330. The first kappa shape index (κ1) is 15.9. The van der Waals surface area contributed by atoms with Gasteiger partial charge >= 0.3 is 0 Å². The van der Waals surface area contributed by atoms with Gasteiger partial charge in [0, 0.05) is 19.1 Å². The highest BCUT2D eigenvalue weighted by Crippen LogP contribution is 2.17. The highest BCUT2D eigenvalue weighted by atomic mass is 32.2. The van der Waals surface area contributed by atoms with E-state index in [1.807, 2.05) is 21.0 Å². The lowest BCUT2D eigenvalue weighted by Gasteiger charge is -2.35. The van der Waals surface area contributed by atoms with Crippen molar-refractivity contribution in [3.05, 3.63) is 0 Å². The molecule has 0 aromatic carbocycles. The van der Waals surface area contributed by atoms with Crippen molar-refractivity contribution in [3.63, 3.8) is 0 Å². The summed E-state index contributed by atoms with van der Waals surface area (Å²) in [6, 6.07) is 0.363. The van der Waals surface area contributed by atoms with E-state index in [2.05, 4.69) is 10.2 Å². The monoisotopic (exact) mass is 277 g/mol. The lowest BCUT2D eigenvalue weighted by Crippen LogP contribution is -2.48. The third-order valence-corrected chi connectivity index (χ3v) is 5.41. The van der Waals surface area contributed by atoms with Gasteiger partial charge in [0.2, 0.25) is 10.0 Å². The molecule has 1 aliphatic heterocycles. The van der Waals surface area contributed by atoms with Crippen LogP contribution in [0, 0.1) is 0 Å². The number of rotatable bonds is 7. The van der Waals surface area contributed by atoms with Gasteiger partial charge < -0.3 is 10.2 Å². The Morgan fingerprint density at radius 3 is 2.72 bits per heavy atom. The largest absolute Gasteiger partial charge is 0.317 e. The molecule has 1 heterocycles. The average molecular weight is 277 g/mol. The van der Waals surface area contributed by atoms with Crippen LogP contribution in [-0.2, 0) is 10.0 Å². The van der Waals surface area contributed by atoms with Crippen molar-refractivity contribution in [1.82, 2.24) is 14.5 Å². The topological polar surface area (TPSA) is 52.7 Å². The van der Waals surface area contributed by atoms with Gasteiger partial charge in [0.25, 0.3) is 0 Å². The summed E-state index contributed by atoms with van der Waals surface area (Å²) in [6.45, 7) is 5.04. The summed E-state index contributed by atoms with van der Waals surface area (Å²) < 4.78 is 26.1. The summed E-state index contributed by atoms with van der Waals surface area (Å²) in [6.07, 6.45) is 2.75. The van der Waals surface area contributed by atoms with E-state index in [0.717, 1.165) is 25.9 Å². The van der Waals surface area contributed by atoms with Gasteiger partial charge in [0.15, 0.2) is 0 Å². The van der Waals surface area contributed by atoms with E-state index in [4.69, 9.17) is 0 Å². The molecule has 0 aromatic heterocycles. The lowest BCUT2D eigenvalue weighted by atomic mass is 10.1. The molecule has 1 N–H and O–H groups in total. The third kappa shape index (κ3) is 4.84. The number of hydrogen-bond acceptors (Lipinski definition) is 4. The van der Waals surface area contributed by atoms with Gasteiger partial charge in [-0.15, -0.1) is 0 Å². The molecule has 0 radical (unpaired) electrons. The first-order valence-electron chi connectivity index (χ1n) is 6.82. The summed E-state index contributed by atoms with van der Waals surface area (Å²) in [4.78, 5) is 2.13. The SMILES string of the molecule is CCNCCCS(=O)(=O)N1CCCC(N(C)C)C1. The predicted molar refractivity (Wildman–Crippen MR) is 75.2 cm³/mol. The lowest BCUT2D eigenvalue weighted by molar-refractivity contribution is 0.190. The molecular formula is C12H27N3O2S. The van der Waals surface area contributed by atoms with Crippen molar-refractivity contribution >= 4 is 10.0 Å². The Labute approximate surface area is 112 Å². The molecule has 0 spiro atoms. The van der Waals surface area contributed by atoms with Crippen LogP contribution in [0.1, 0.15) is 26.2 Å². The van der Waals surface area contributed by atoms with Gasteiger partial charge in [-0.25, -0.2) is 12.7 Å².